The Morgan fingerprint density at radius 2 is 1.50 bits per heavy atom. The topological polar surface area (TPSA) is 0 Å². The third kappa shape index (κ3) is 1.11. The highest BCUT2D eigenvalue weighted by Crippen LogP contribution is 2.56. The third-order valence-corrected chi connectivity index (χ3v) is 6.70. The van der Waals surface area contributed by atoms with Crippen molar-refractivity contribution in [1.29, 1.82) is 0 Å². The van der Waals surface area contributed by atoms with Gasteiger partial charge >= 0.3 is 0 Å². The predicted octanol–water partition coefficient (Wildman–Crippen LogP) is 3.99. The van der Waals surface area contributed by atoms with Crippen molar-refractivity contribution < 1.29 is 0 Å². The minimum Gasteiger partial charge on any atom is -0.0766 e. The molecule has 0 N–H and O–H groups in total. The average molecular weight is 204 g/mol. The maximum atomic E-state index is 2.63. The van der Waals surface area contributed by atoms with Gasteiger partial charge in [0.05, 0.1) is 8.07 Å². The maximum Gasteiger partial charge on any atom is 0.0558 e. The van der Waals surface area contributed by atoms with Gasteiger partial charge in [-0.1, -0.05) is 31.8 Å². The summed E-state index contributed by atoms with van der Waals surface area (Å²) in [6.45, 7) is 7.48. The van der Waals surface area contributed by atoms with Gasteiger partial charge in [-0.05, 0) is 47.8 Å². The minimum atomic E-state index is -0.974. The Labute approximate surface area is 88.1 Å². The van der Waals surface area contributed by atoms with E-state index < -0.39 is 8.07 Å². The lowest BCUT2D eigenvalue weighted by molar-refractivity contribution is 0.658. The Bertz CT molecular complexity index is 304. The largest absolute Gasteiger partial charge is 0.0766 e. The van der Waals surface area contributed by atoms with Crippen molar-refractivity contribution in [2.24, 2.45) is 11.8 Å². The zero-order valence-electron chi connectivity index (χ0n) is 9.51. The van der Waals surface area contributed by atoms with Gasteiger partial charge in [0.25, 0.3) is 0 Å². The first kappa shape index (κ1) is 8.96. The molecule has 2 saturated carbocycles. The summed E-state index contributed by atoms with van der Waals surface area (Å²) < 4.78 is 0. The van der Waals surface area contributed by atoms with Crippen LogP contribution < -0.4 is 0 Å². The molecule has 0 saturated heterocycles. The lowest BCUT2D eigenvalue weighted by Gasteiger charge is -2.21. The molecule has 0 aliphatic heterocycles. The second-order valence-electron chi connectivity index (χ2n) is 6.34. The van der Waals surface area contributed by atoms with Crippen LogP contribution in [0.1, 0.15) is 19.3 Å². The highest BCUT2D eigenvalue weighted by Gasteiger charge is 2.43. The predicted molar refractivity (Wildman–Crippen MR) is 64.1 cm³/mol. The smallest absolute Gasteiger partial charge is 0.0558 e. The molecule has 76 valence electrons. The molecule has 3 aliphatic rings. The molecule has 2 fully saturated rings. The van der Waals surface area contributed by atoms with E-state index >= 15 is 0 Å². The molecular formula is C13H20Si. The van der Waals surface area contributed by atoms with E-state index in [1.54, 1.807) is 11.1 Å². The Hall–Kier alpha value is -0.303. The number of rotatable bonds is 1. The fraction of sp³-hybridized carbons (Fsp3) is 0.692. The van der Waals surface area contributed by atoms with Crippen LogP contribution in [0.25, 0.3) is 0 Å². The third-order valence-electron chi connectivity index (χ3n) is 4.36. The fourth-order valence-corrected chi connectivity index (χ4v) is 4.78. The molecule has 0 aromatic heterocycles. The number of hydrogen-bond acceptors (Lipinski definition) is 0. The zero-order chi connectivity index (χ0) is 9.92. The molecule has 0 heterocycles. The molecule has 3 rings (SSSR count). The molecule has 1 heteroatoms. The van der Waals surface area contributed by atoms with Crippen LogP contribution in [0.15, 0.2) is 23.3 Å². The summed E-state index contributed by atoms with van der Waals surface area (Å²) in [7, 11) is -0.974. The molecule has 0 amide bonds. The standard InChI is InChI=1S/C13H20Si/c1-14(2,3)11-7-12-9-4-5-10(6-9)13(12)8-11/h7-11H,4-6H2,1-3H3/t9-,10+,11?. The highest BCUT2D eigenvalue weighted by atomic mass is 28.3. The average Bonchev–Trinajstić information content (AvgIpc) is 2.74. The van der Waals surface area contributed by atoms with Crippen molar-refractivity contribution in [2.75, 3.05) is 0 Å². The lowest BCUT2D eigenvalue weighted by Crippen LogP contribution is -2.24. The van der Waals surface area contributed by atoms with Crippen molar-refractivity contribution in [3.05, 3.63) is 23.3 Å². The monoisotopic (exact) mass is 204 g/mol. The normalized spacial score (nSPS) is 39.8. The summed E-state index contributed by atoms with van der Waals surface area (Å²) >= 11 is 0. The van der Waals surface area contributed by atoms with Crippen LogP contribution >= 0.6 is 0 Å². The maximum absolute atomic E-state index is 2.63. The van der Waals surface area contributed by atoms with E-state index in [9.17, 15) is 0 Å². The van der Waals surface area contributed by atoms with Gasteiger partial charge in [0.1, 0.15) is 0 Å². The molecule has 14 heavy (non-hydrogen) atoms. The molecule has 0 spiro atoms. The molecule has 1 unspecified atom stereocenters. The Balaban J connectivity index is 1.96. The van der Waals surface area contributed by atoms with Gasteiger partial charge in [-0.25, -0.2) is 0 Å². The molecule has 2 bridgehead atoms. The van der Waals surface area contributed by atoms with Gasteiger partial charge in [-0.2, -0.15) is 0 Å². The van der Waals surface area contributed by atoms with Gasteiger partial charge in [0.15, 0.2) is 0 Å². The van der Waals surface area contributed by atoms with Crippen LogP contribution in [0.2, 0.25) is 25.2 Å². The molecule has 3 aliphatic carbocycles. The van der Waals surface area contributed by atoms with Crippen molar-refractivity contribution >= 4 is 8.07 Å². The van der Waals surface area contributed by atoms with E-state index in [1.807, 2.05) is 0 Å². The van der Waals surface area contributed by atoms with Crippen molar-refractivity contribution in [3.8, 4) is 0 Å². The van der Waals surface area contributed by atoms with Gasteiger partial charge in [-0.3, -0.25) is 0 Å². The Kier molecular flexibility index (Phi) is 1.68. The quantitative estimate of drug-likeness (QED) is 0.567. The van der Waals surface area contributed by atoms with E-state index in [0.29, 0.717) is 0 Å². The van der Waals surface area contributed by atoms with Gasteiger partial charge in [0.2, 0.25) is 0 Å². The second kappa shape index (κ2) is 2.63. The van der Waals surface area contributed by atoms with E-state index in [0.717, 1.165) is 17.4 Å². The molecule has 0 aromatic rings. The van der Waals surface area contributed by atoms with Crippen molar-refractivity contribution in [1.82, 2.24) is 0 Å². The van der Waals surface area contributed by atoms with E-state index in [4.69, 9.17) is 0 Å². The van der Waals surface area contributed by atoms with Crippen LogP contribution in [-0.4, -0.2) is 8.07 Å². The van der Waals surface area contributed by atoms with Crippen LogP contribution in [0.5, 0.6) is 0 Å². The summed E-state index contributed by atoms with van der Waals surface area (Å²) in [6, 6.07) is 0. The van der Waals surface area contributed by atoms with Gasteiger partial charge in [-0.15, -0.1) is 0 Å². The van der Waals surface area contributed by atoms with Crippen LogP contribution in [0, 0.1) is 11.8 Å². The van der Waals surface area contributed by atoms with Crippen LogP contribution in [-0.2, 0) is 0 Å². The summed E-state index contributed by atoms with van der Waals surface area (Å²) in [5.41, 5.74) is 4.39. The lowest BCUT2D eigenvalue weighted by atomic mass is 9.92. The minimum absolute atomic E-state index is 0.843. The van der Waals surface area contributed by atoms with E-state index in [1.165, 1.54) is 19.3 Å². The second-order valence-corrected chi connectivity index (χ2v) is 11.7. The summed E-state index contributed by atoms with van der Waals surface area (Å²) in [5.74, 6) is 1.93. The van der Waals surface area contributed by atoms with Crippen LogP contribution in [0.4, 0.5) is 0 Å². The summed E-state index contributed by atoms with van der Waals surface area (Å²) in [6.07, 6.45) is 9.70. The molecule has 0 radical (unpaired) electrons. The van der Waals surface area contributed by atoms with Gasteiger partial charge in [0, 0.05) is 0 Å². The van der Waals surface area contributed by atoms with Crippen molar-refractivity contribution in [2.45, 2.75) is 44.4 Å². The molecule has 3 atom stereocenters. The van der Waals surface area contributed by atoms with E-state index in [2.05, 4.69) is 31.8 Å². The molecule has 0 nitrogen and oxygen atoms in total. The molecular weight excluding hydrogens is 184 g/mol. The van der Waals surface area contributed by atoms with Crippen molar-refractivity contribution in [3.63, 3.8) is 0 Å². The van der Waals surface area contributed by atoms with E-state index in [-0.39, 0.29) is 0 Å². The first-order valence-corrected chi connectivity index (χ1v) is 9.57. The fourth-order valence-electron chi connectivity index (χ4n) is 3.42. The Morgan fingerprint density at radius 3 is 1.93 bits per heavy atom. The number of hydrogen-bond donors (Lipinski definition) is 0. The first-order valence-electron chi connectivity index (χ1n) is 5.99. The number of fused-ring (bicyclic) bond motifs is 5. The number of allylic oxidation sites excluding steroid dienone is 4. The SMILES string of the molecule is C[Si](C)(C)C1C=C2C(=C1)[C@H]1CC[C@@H]2C1. The molecule has 0 aromatic carbocycles. The highest BCUT2D eigenvalue weighted by molar-refractivity contribution is 6.78. The summed E-state index contributed by atoms with van der Waals surface area (Å²) in [5, 5.41) is 0. The zero-order valence-corrected chi connectivity index (χ0v) is 10.5. The van der Waals surface area contributed by atoms with Gasteiger partial charge < -0.3 is 0 Å². The first-order chi connectivity index (χ1) is 6.55. The summed E-state index contributed by atoms with van der Waals surface area (Å²) in [4.78, 5) is 0. The Morgan fingerprint density at radius 1 is 1.00 bits per heavy atom. The van der Waals surface area contributed by atoms with Crippen LogP contribution in [0.3, 0.4) is 0 Å².